The lowest BCUT2D eigenvalue weighted by molar-refractivity contribution is -0.115. The molecule has 2 aromatic carbocycles. The predicted octanol–water partition coefficient (Wildman–Crippen LogP) is 5.09. The molecule has 0 fully saturated rings. The zero-order valence-corrected chi connectivity index (χ0v) is 14.9. The molecular weight excluding hydrogens is 394 g/mol. The van der Waals surface area contributed by atoms with Gasteiger partial charge in [0.05, 0.1) is 4.83 Å². The SMILES string of the molecule is CCc1cccc(NC(=O)C(Br)C(Br)c2ccccc2)c1. The highest BCUT2D eigenvalue weighted by Crippen LogP contribution is 2.31. The summed E-state index contributed by atoms with van der Waals surface area (Å²) in [7, 11) is 0. The number of rotatable bonds is 5. The summed E-state index contributed by atoms with van der Waals surface area (Å²) in [6, 6.07) is 17.8. The summed E-state index contributed by atoms with van der Waals surface area (Å²) in [6.45, 7) is 2.10. The maximum absolute atomic E-state index is 12.3. The molecule has 1 amide bonds. The average Bonchev–Trinajstić information content (AvgIpc) is 2.54. The minimum Gasteiger partial charge on any atom is -0.325 e. The molecule has 2 aromatic rings. The molecule has 0 aliphatic rings. The van der Waals surface area contributed by atoms with Gasteiger partial charge in [0.15, 0.2) is 0 Å². The van der Waals surface area contributed by atoms with Crippen LogP contribution in [-0.2, 0) is 11.2 Å². The van der Waals surface area contributed by atoms with E-state index < -0.39 is 0 Å². The highest BCUT2D eigenvalue weighted by Gasteiger charge is 2.24. The van der Waals surface area contributed by atoms with Crippen molar-refractivity contribution in [2.75, 3.05) is 5.32 Å². The smallest absolute Gasteiger partial charge is 0.239 e. The number of nitrogens with one attached hydrogen (secondary N) is 1. The van der Waals surface area contributed by atoms with E-state index >= 15 is 0 Å². The molecule has 0 aliphatic carbocycles. The molecule has 2 atom stereocenters. The Balaban J connectivity index is 2.05. The molecular formula is C17H17Br2NO. The number of carbonyl (C=O) groups excluding carboxylic acids is 1. The van der Waals surface area contributed by atoms with Crippen LogP contribution >= 0.6 is 31.9 Å². The lowest BCUT2D eigenvalue weighted by atomic mass is 10.1. The van der Waals surface area contributed by atoms with E-state index in [1.54, 1.807) is 0 Å². The van der Waals surface area contributed by atoms with Gasteiger partial charge in [-0.05, 0) is 29.7 Å². The van der Waals surface area contributed by atoms with Crippen LogP contribution < -0.4 is 5.32 Å². The van der Waals surface area contributed by atoms with Gasteiger partial charge in [-0.3, -0.25) is 4.79 Å². The second kappa shape index (κ2) is 7.76. The molecule has 110 valence electrons. The van der Waals surface area contributed by atoms with E-state index in [1.807, 2.05) is 48.5 Å². The summed E-state index contributed by atoms with van der Waals surface area (Å²) in [4.78, 5) is 11.9. The minimum atomic E-state index is -0.342. The Morgan fingerprint density at radius 2 is 1.81 bits per heavy atom. The fraction of sp³-hybridized carbons (Fsp3) is 0.235. The molecule has 2 rings (SSSR count). The summed E-state index contributed by atoms with van der Waals surface area (Å²) >= 11 is 7.07. The van der Waals surface area contributed by atoms with E-state index in [1.165, 1.54) is 5.56 Å². The van der Waals surface area contributed by atoms with Crippen LogP contribution in [0.15, 0.2) is 54.6 Å². The van der Waals surface area contributed by atoms with Gasteiger partial charge < -0.3 is 5.32 Å². The van der Waals surface area contributed by atoms with Gasteiger partial charge in [0, 0.05) is 5.69 Å². The van der Waals surface area contributed by atoms with Crippen LogP contribution in [0.2, 0.25) is 0 Å². The summed E-state index contributed by atoms with van der Waals surface area (Å²) in [5.74, 6) is -0.0611. The van der Waals surface area contributed by atoms with Gasteiger partial charge in [-0.1, -0.05) is 81.2 Å². The molecule has 1 N–H and O–H groups in total. The van der Waals surface area contributed by atoms with Crippen molar-refractivity contribution in [2.24, 2.45) is 0 Å². The molecule has 0 spiro atoms. The van der Waals surface area contributed by atoms with Gasteiger partial charge in [0.1, 0.15) is 4.83 Å². The van der Waals surface area contributed by atoms with Crippen molar-refractivity contribution in [3.05, 3.63) is 65.7 Å². The molecule has 4 heteroatoms. The van der Waals surface area contributed by atoms with E-state index in [0.717, 1.165) is 17.7 Å². The first kappa shape index (κ1) is 16.2. The number of hydrogen-bond donors (Lipinski definition) is 1. The minimum absolute atomic E-state index is 0.0611. The largest absolute Gasteiger partial charge is 0.325 e. The summed E-state index contributed by atoms with van der Waals surface area (Å²) in [5, 5.41) is 2.95. The Morgan fingerprint density at radius 1 is 1.10 bits per heavy atom. The summed E-state index contributed by atoms with van der Waals surface area (Å²) < 4.78 is 0. The molecule has 0 aliphatic heterocycles. The molecule has 21 heavy (non-hydrogen) atoms. The van der Waals surface area contributed by atoms with Crippen LogP contribution in [-0.4, -0.2) is 10.7 Å². The Hall–Kier alpha value is -1.13. The number of amides is 1. The van der Waals surface area contributed by atoms with E-state index in [0.29, 0.717) is 0 Å². The summed E-state index contributed by atoms with van der Waals surface area (Å²) in [5.41, 5.74) is 3.10. The normalized spacial score (nSPS) is 13.5. The van der Waals surface area contributed by atoms with Crippen molar-refractivity contribution in [3.63, 3.8) is 0 Å². The molecule has 0 saturated carbocycles. The second-order valence-electron chi connectivity index (χ2n) is 4.76. The van der Waals surface area contributed by atoms with Gasteiger partial charge in [-0.25, -0.2) is 0 Å². The quantitative estimate of drug-likeness (QED) is 0.683. The number of alkyl halides is 2. The van der Waals surface area contributed by atoms with Gasteiger partial charge in [-0.2, -0.15) is 0 Å². The second-order valence-corrected chi connectivity index (χ2v) is 6.73. The van der Waals surface area contributed by atoms with E-state index in [2.05, 4.69) is 50.2 Å². The average molecular weight is 411 g/mol. The Kier molecular flexibility index (Phi) is 6.00. The first-order valence-corrected chi connectivity index (χ1v) is 8.68. The molecule has 0 radical (unpaired) electrons. The van der Waals surface area contributed by atoms with E-state index in [-0.39, 0.29) is 15.6 Å². The van der Waals surface area contributed by atoms with Crippen molar-refractivity contribution < 1.29 is 4.79 Å². The lowest BCUT2D eigenvalue weighted by Gasteiger charge is -2.17. The van der Waals surface area contributed by atoms with Gasteiger partial charge in [0.25, 0.3) is 0 Å². The van der Waals surface area contributed by atoms with Crippen molar-refractivity contribution in [1.82, 2.24) is 0 Å². The maximum atomic E-state index is 12.3. The number of halogens is 2. The summed E-state index contributed by atoms with van der Waals surface area (Å²) in [6.07, 6.45) is 0.951. The topological polar surface area (TPSA) is 29.1 Å². The standard InChI is InChI=1S/C17H17Br2NO/c1-2-12-7-6-10-14(11-12)20-17(21)16(19)15(18)13-8-4-3-5-9-13/h3-11,15-16H,2H2,1H3,(H,20,21). The molecule has 0 saturated heterocycles. The third-order valence-corrected chi connectivity index (χ3v) is 5.94. The third-order valence-electron chi connectivity index (χ3n) is 3.23. The van der Waals surface area contributed by atoms with Crippen LogP contribution in [0.5, 0.6) is 0 Å². The Labute approximate surface area is 142 Å². The van der Waals surface area contributed by atoms with Crippen molar-refractivity contribution in [2.45, 2.75) is 23.0 Å². The first-order chi connectivity index (χ1) is 10.1. The highest BCUT2D eigenvalue weighted by molar-refractivity contribution is 9.12. The van der Waals surface area contributed by atoms with Crippen LogP contribution in [0.3, 0.4) is 0 Å². The number of carbonyl (C=O) groups is 1. The molecule has 0 bridgehead atoms. The van der Waals surface area contributed by atoms with E-state index in [4.69, 9.17) is 0 Å². The first-order valence-electron chi connectivity index (χ1n) is 6.84. The predicted molar refractivity (Wildman–Crippen MR) is 95.3 cm³/mol. The number of hydrogen-bond acceptors (Lipinski definition) is 1. The Morgan fingerprint density at radius 3 is 2.48 bits per heavy atom. The molecule has 0 aromatic heterocycles. The van der Waals surface area contributed by atoms with Crippen molar-refractivity contribution in [3.8, 4) is 0 Å². The van der Waals surface area contributed by atoms with Gasteiger partial charge in [-0.15, -0.1) is 0 Å². The van der Waals surface area contributed by atoms with Crippen LogP contribution in [0.1, 0.15) is 22.9 Å². The lowest BCUT2D eigenvalue weighted by Crippen LogP contribution is -2.26. The number of benzene rings is 2. The molecule has 2 unspecified atom stereocenters. The highest BCUT2D eigenvalue weighted by atomic mass is 79.9. The zero-order chi connectivity index (χ0) is 15.2. The number of anilines is 1. The van der Waals surface area contributed by atoms with Crippen molar-refractivity contribution >= 4 is 43.5 Å². The zero-order valence-electron chi connectivity index (χ0n) is 11.7. The fourth-order valence-corrected chi connectivity index (χ4v) is 2.98. The third kappa shape index (κ3) is 4.42. The fourth-order valence-electron chi connectivity index (χ4n) is 2.02. The van der Waals surface area contributed by atoms with Gasteiger partial charge in [0.2, 0.25) is 5.91 Å². The van der Waals surface area contributed by atoms with Crippen LogP contribution in [0.25, 0.3) is 0 Å². The van der Waals surface area contributed by atoms with Gasteiger partial charge >= 0.3 is 0 Å². The molecule has 0 heterocycles. The van der Waals surface area contributed by atoms with Crippen LogP contribution in [0.4, 0.5) is 5.69 Å². The number of aryl methyl sites for hydroxylation is 1. The molecule has 2 nitrogen and oxygen atoms in total. The van der Waals surface area contributed by atoms with E-state index in [9.17, 15) is 4.79 Å². The maximum Gasteiger partial charge on any atom is 0.239 e. The monoisotopic (exact) mass is 409 g/mol. The van der Waals surface area contributed by atoms with Crippen LogP contribution in [0, 0.1) is 0 Å². The van der Waals surface area contributed by atoms with Crippen molar-refractivity contribution in [1.29, 1.82) is 0 Å². The Bertz CT molecular complexity index is 601.